The average molecular weight is 285 g/mol. The van der Waals surface area contributed by atoms with Gasteiger partial charge in [-0.2, -0.15) is 0 Å². The lowest BCUT2D eigenvalue weighted by Crippen LogP contribution is -2.28. The van der Waals surface area contributed by atoms with E-state index >= 15 is 0 Å². The summed E-state index contributed by atoms with van der Waals surface area (Å²) < 4.78 is 6.64. The molecule has 0 N–H and O–H groups in total. The number of likely N-dealkylation sites (tertiary alicyclic amines) is 1. The predicted octanol–water partition coefficient (Wildman–Crippen LogP) is 1.84. The molecule has 1 aliphatic rings. The molecule has 0 spiro atoms. The van der Waals surface area contributed by atoms with Crippen molar-refractivity contribution in [3.63, 3.8) is 0 Å². The van der Waals surface area contributed by atoms with E-state index in [4.69, 9.17) is 4.74 Å². The van der Waals surface area contributed by atoms with Gasteiger partial charge in [-0.05, 0) is 22.0 Å². The Balaban J connectivity index is 1.94. The Morgan fingerprint density at radius 2 is 2.44 bits per heavy atom. The second kappa shape index (κ2) is 4.82. The fourth-order valence-electron chi connectivity index (χ4n) is 1.76. The maximum absolute atomic E-state index is 11.1. The van der Waals surface area contributed by atoms with Gasteiger partial charge >= 0.3 is 0 Å². The Morgan fingerprint density at radius 1 is 1.62 bits per heavy atom. The van der Waals surface area contributed by atoms with Crippen LogP contribution in [-0.4, -0.2) is 35.0 Å². The lowest BCUT2D eigenvalue weighted by molar-refractivity contribution is -0.128. The van der Waals surface area contributed by atoms with Gasteiger partial charge in [-0.15, -0.1) is 0 Å². The van der Waals surface area contributed by atoms with Gasteiger partial charge in [0, 0.05) is 30.6 Å². The molecule has 1 aromatic rings. The van der Waals surface area contributed by atoms with E-state index in [9.17, 15) is 4.79 Å². The molecule has 5 heteroatoms. The monoisotopic (exact) mass is 284 g/mol. The van der Waals surface area contributed by atoms with Crippen molar-refractivity contribution in [2.45, 2.75) is 19.4 Å². The minimum Gasteiger partial charge on any atom is -0.487 e. The maximum Gasteiger partial charge on any atom is 0.219 e. The molecular weight excluding hydrogens is 272 g/mol. The number of pyridine rings is 1. The van der Waals surface area contributed by atoms with Crippen molar-refractivity contribution in [3.05, 3.63) is 22.9 Å². The summed E-state index contributed by atoms with van der Waals surface area (Å²) >= 11 is 3.34. The predicted molar refractivity (Wildman–Crippen MR) is 63.2 cm³/mol. The molecule has 1 amide bonds. The zero-order valence-electron chi connectivity index (χ0n) is 9.02. The van der Waals surface area contributed by atoms with E-state index in [1.165, 1.54) is 0 Å². The van der Waals surface area contributed by atoms with E-state index < -0.39 is 0 Å². The Labute approximate surface area is 103 Å². The fourth-order valence-corrected chi connectivity index (χ4v) is 2.10. The first kappa shape index (κ1) is 11.4. The van der Waals surface area contributed by atoms with Crippen LogP contribution in [0.5, 0.6) is 5.75 Å². The van der Waals surface area contributed by atoms with Gasteiger partial charge in [0.05, 0.1) is 12.7 Å². The van der Waals surface area contributed by atoms with E-state index in [2.05, 4.69) is 20.9 Å². The molecule has 1 fully saturated rings. The van der Waals surface area contributed by atoms with Gasteiger partial charge in [-0.25, -0.2) is 0 Å². The highest BCUT2D eigenvalue weighted by Crippen LogP contribution is 2.20. The van der Waals surface area contributed by atoms with E-state index in [0.29, 0.717) is 6.54 Å². The summed E-state index contributed by atoms with van der Waals surface area (Å²) in [5.74, 6) is 0.850. The topological polar surface area (TPSA) is 42.4 Å². The number of halogens is 1. The minimum absolute atomic E-state index is 0.0833. The molecule has 0 aromatic carbocycles. The van der Waals surface area contributed by atoms with Crippen molar-refractivity contribution in [2.75, 3.05) is 13.1 Å². The first-order valence-electron chi connectivity index (χ1n) is 5.18. The van der Waals surface area contributed by atoms with Gasteiger partial charge in [-0.1, -0.05) is 0 Å². The Morgan fingerprint density at radius 3 is 3.06 bits per heavy atom. The van der Waals surface area contributed by atoms with Crippen LogP contribution in [0, 0.1) is 0 Å². The molecule has 0 radical (unpaired) electrons. The second-order valence-electron chi connectivity index (χ2n) is 3.83. The first-order valence-corrected chi connectivity index (χ1v) is 5.97. The van der Waals surface area contributed by atoms with Crippen molar-refractivity contribution in [1.29, 1.82) is 0 Å². The van der Waals surface area contributed by atoms with Gasteiger partial charge in [-0.3, -0.25) is 9.78 Å². The molecule has 16 heavy (non-hydrogen) atoms. The number of hydrogen-bond acceptors (Lipinski definition) is 3. The summed E-state index contributed by atoms with van der Waals surface area (Å²) in [6.07, 6.45) is 4.36. The number of nitrogens with zero attached hydrogens (tertiary/aromatic N) is 2. The zero-order chi connectivity index (χ0) is 11.5. The number of carbonyl (C=O) groups is 1. The molecule has 0 bridgehead atoms. The molecule has 1 unspecified atom stereocenters. The van der Waals surface area contributed by atoms with Crippen molar-refractivity contribution < 1.29 is 9.53 Å². The summed E-state index contributed by atoms with van der Waals surface area (Å²) in [6, 6.07) is 1.88. The molecule has 1 saturated heterocycles. The second-order valence-corrected chi connectivity index (χ2v) is 4.75. The van der Waals surface area contributed by atoms with Crippen LogP contribution in [0.2, 0.25) is 0 Å². The molecule has 86 valence electrons. The molecule has 4 nitrogen and oxygen atoms in total. The van der Waals surface area contributed by atoms with Gasteiger partial charge in [0.25, 0.3) is 0 Å². The highest BCUT2D eigenvalue weighted by molar-refractivity contribution is 9.10. The number of hydrogen-bond donors (Lipinski definition) is 0. The normalized spacial score (nSPS) is 19.9. The van der Waals surface area contributed by atoms with Crippen LogP contribution < -0.4 is 4.74 Å². The molecule has 2 heterocycles. The molecule has 2 rings (SSSR count). The number of rotatable bonds is 2. The molecular formula is C11H13BrN2O2. The SMILES string of the molecule is CC(=O)N1CCC(Oc2cncc(Br)c2)C1. The summed E-state index contributed by atoms with van der Waals surface area (Å²) in [6.45, 7) is 3.03. The number of aromatic nitrogens is 1. The van der Waals surface area contributed by atoms with Crippen LogP contribution in [0.1, 0.15) is 13.3 Å². The summed E-state index contributed by atoms with van der Waals surface area (Å²) in [5, 5.41) is 0. The van der Waals surface area contributed by atoms with E-state index in [1.54, 1.807) is 24.2 Å². The summed E-state index contributed by atoms with van der Waals surface area (Å²) in [7, 11) is 0. The van der Waals surface area contributed by atoms with Crippen molar-refractivity contribution >= 4 is 21.8 Å². The standard InChI is InChI=1S/C11H13BrN2O2/c1-8(15)14-3-2-10(7-14)16-11-4-9(12)5-13-6-11/h4-6,10H,2-3,7H2,1H3. The van der Waals surface area contributed by atoms with Gasteiger partial charge in [0.2, 0.25) is 5.91 Å². The third-order valence-corrected chi connectivity index (χ3v) is 3.01. The molecule has 0 aliphatic carbocycles. The van der Waals surface area contributed by atoms with E-state index in [1.807, 2.05) is 6.07 Å². The Hall–Kier alpha value is -1.10. The van der Waals surface area contributed by atoms with Crippen LogP contribution in [0.15, 0.2) is 22.9 Å². The largest absolute Gasteiger partial charge is 0.487 e. The van der Waals surface area contributed by atoms with Crippen molar-refractivity contribution in [1.82, 2.24) is 9.88 Å². The quantitative estimate of drug-likeness (QED) is 0.832. The lowest BCUT2D eigenvalue weighted by Gasteiger charge is -2.15. The van der Waals surface area contributed by atoms with Gasteiger partial charge in [0.1, 0.15) is 11.9 Å². The van der Waals surface area contributed by atoms with Crippen LogP contribution in [-0.2, 0) is 4.79 Å². The fraction of sp³-hybridized carbons (Fsp3) is 0.455. The first-order chi connectivity index (χ1) is 7.65. The smallest absolute Gasteiger partial charge is 0.219 e. The Bertz CT molecular complexity index is 397. The molecule has 1 atom stereocenters. The van der Waals surface area contributed by atoms with Crippen LogP contribution in [0.3, 0.4) is 0 Å². The summed E-state index contributed by atoms with van der Waals surface area (Å²) in [4.78, 5) is 17.0. The molecule has 0 saturated carbocycles. The zero-order valence-corrected chi connectivity index (χ0v) is 10.6. The van der Waals surface area contributed by atoms with Crippen LogP contribution >= 0.6 is 15.9 Å². The maximum atomic E-state index is 11.1. The number of carbonyl (C=O) groups excluding carboxylic acids is 1. The van der Waals surface area contributed by atoms with Crippen LogP contribution in [0.25, 0.3) is 0 Å². The van der Waals surface area contributed by atoms with E-state index in [0.717, 1.165) is 23.2 Å². The molecule has 1 aliphatic heterocycles. The number of ether oxygens (including phenoxy) is 1. The van der Waals surface area contributed by atoms with Gasteiger partial charge < -0.3 is 9.64 Å². The minimum atomic E-state index is 0.0833. The van der Waals surface area contributed by atoms with Crippen LogP contribution in [0.4, 0.5) is 0 Å². The third kappa shape index (κ3) is 2.72. The lowest BCUT2D eigenvalue weighted by atomic mass is 10.3. The van der Waals surface area contributed by atoms with E-state index in [-0.39, 0.29) is 12.0 Å². The highest BCUT2D eigenvalue weighted by atomic mass is 79.9. The highest BCUT2D eigenvalue weighted by Gasteiger charge is 2.25. The Kier molecular flexibility index (Phi) is 3.43. The molecule has 1 aromatic heterocycles. The van der Waals surface area contributed by atoms with Crippen molar-refractivity contribution in [2.24, 2.45) is 0 Å². The van der Waals surface area contributed by atoms with Gasteiger partial charge in [0.15, 0.2) is 0 Å². The number of amides is 1. The average Bonchev–Trinajstić information content (AvgIpc) is 2.66. The summed E-state index contributed by atoms with van der Waals surface area (Å²) in [5.41, 5.74) is 0. The third-order valence-electron chi connectivity index (χ3n) is 2.57. The van der Waals surface area contributed by atoms with Crippen molar-refractivity contribution in [3.8, 4) is 5.75 Å².